The molecule has 0 aliphatic heterocycles. The van der Waals surface area contributed by atoms with Gasteiger partial charge in [0.1, 0.15) is 0 Å². The summed E-state index contributed by atoms with van der Waals surface area (Å²) in [4.78, 5) is 9.91. The Balaban J connectivity index is 0.00000361. The van der Waals surface area contributed by atoms with Crippen LogP contribution in [0.25, 0.3) is 0 Å². The molecule has 0 aromatic heterocycles. The normalized spacial score (nSPS) is 12.6. The number of nitrogens with zero attached hydrogens (tertiary/aromatic N) is 1. The minimum absolute atomic E-state index is 0. The fourth-order valence-electron chi connectivity index (χ4n) is 1.37. The number of sulfonamides is 1. The van der Waals surface area contributed by atoms with E-state index in [2.05, 4.69) is 4.72 Å². The van der Waals surface area contributed by atoms with Gasteiger partial charge in [-0.25, -0.2) is 13.1 Å². The van der Waals surface area contributed by atoms with Crippen molar-refractivity contribution in [1.82, 2.24) is 4.72 Å². The fraction of sp³-hybridized carbons (Fsp3) is 0.400. The molecule has 1 rings (SSSR count). The molecule has 7 nitrogen and oxygen atoms in total. The summed E-state index contributed by atoms with van der Waals surface area (Å²) in [5.41, 5.74) is 5.21. The largest absolute Gasteiger partial charge is 0.329 e. The number of nitro groups is 1. The van der Waals surface area contributed by atoms with E-state index in [4.69, 9.17) is 17.3 Å². The molecule has 1 atom stereocenters. The molecule has 0 heterocycles. The summed E-state index contributed by atoms with van der Waals surface area (Å²) in [6, 6.07) is 1.67. The lowest BCUT2D eigenvalue weighted by molar-refractivity contribution is -0.385. The molecule has 20 heavy (non-hydrogen) atoms. The first-order valence-corrected chi connectivity index (χ1v) is 7.22. The van der Waals surface area contributed by atoms with Crippen LogP contribution in [0.5, 0.6) is 0 Å². The van der Waals surface area contributed by atoms with Crippen LogP contribution in [-0.2, 0) is 10.0 Å². The zero-order valence-electron chi connectivity index (χ0n) is 10.8. The highest BCUT2D eigenvalue weighted by Gasteiger charge is 2.23. The van der Waals surface area contributed by atoms with E-state index in [0.29, 0.717) is 0 Å². The van der Waals surface area contributed by atoms with Gasteiger partial charge in [-0.2, -0.15) is 0 Å². The van der Waals surface area contributed by atoms with Crippen molar-refractivity contribution in [3.63, 3.8) is 0 Å². The number of nitrogens with two attached hydrogens (primary N) is 1. The van der Waals surface area contributed by atoms with E-state index in [-0.39, 0.29) is 40.1 Å². The molecule has 0 saturated carbocycles. The summed E-state index contributed by atoms with van der Waals surface area (Å²) < 4.78 is 26.3. The van der Waals surface area contributed by atoms with Gasteiger partial charge < -0.3 is 5.73 Å². The van der Waals surface area contributed by atoms with Crippen molar-refractivity contribution in [2.75, 3.05) is 6.54 Å². The third-order valence-corrected chi connectivity index (χ3v) is 4.47. The number of nitrogens with one attached hydrogen (secondary N) is 1. The van der Waals surface area contributed by atoms with Gasteiger partial charge in [0, 0.05) is 24.2 Å². The van der Waals surface area contributed by atoms with Crippen LogP contribution < -0.4 is 10.5 Å². The van der Waals surface area contributed by atoms with Crippen LogP contribution in [0.1, 0.15) is 12.5 Å². The fourth-order valence-corrected chi connectivity index (χ4v) is 2.95. The molecule has 114 valence electrons. The van der Waals surface area contributed by atoms with E-state index in [1.54, 1.807) is 6.92 Å². The summed E-state index contributed by atoms with van der Waals surface area (Å²) in [5.74, 6) is 0. The highest BCUT2D eigenvalue weighted by molar-refractivity contribution is 7.89. The van der Waals surface area contributed by atoms with Gasteiger partial charge in [-0.3, -0.25) is 10.1 Å². The molecule has 0 amide bonds. The predicted octanol–water partition coefficient (Wildman–Crippen LogP) is 1.60. The number of halogens is 2. The lowest BCUT2D eigenvalue weighted by Crippen LogP contribution is -2.37. The molecule has 0 unspecified atom stereocenters. The van der Waals surface area contributed by atoms with Crippen molar-refractivity contribution in [3.05, 3.63) is 32.8 Å². The number of benzene rings is 1. The third-order valence-electron chi connectivity index (χ3n) is 2.51. The topological polar surface area (TPSA) is 115 Å². The van der Waals surface area contributed by atoms with E-state index in [1.807, 2.05) is 0 Å². The number of rotatable bonds is 5. The molecule has 0 radical (unpaired) electrons. The van der Waals surface area contributed by atoms with Crippen molar-refractivity contribution in [2.45, 2.75) is 24.8 Å². The molecular weight excluding hydrogens is 329 g/mol. The van der Waals surface area contributed by atoms with Gasteiger partial charge in [0.05, 0.1) is 14.8 Å². The van der Waals surface area contributed by atoms with Gasteiger partial charge >= 0.3 is 0 Å². The Morgan fingerprint density at radius 3 is 2.50 bits per heavy atom. The van der Waals surface area contributed by atoms with Crippen LogP contribution in [0.2, 0.25) is 5.02 Å². The molecule has 0 spiro atoms. The molecular formula is C10H15Cl2N3O4S. The first-order valence-electron chi connectivity index (χ1n) is 5.36. The van der Waals surface area contributed by atoms with E-state index >= 15 is 0 Å². The minimum Gasteiger partial charge on any atom is -0.329 e. The van der Waals surface area contributed by atoms with E-state index in [9.17, 15) is 18.5 Å². The first kappa shape index (κ1) is 19.1. The molecule has 0 fully saturated rings. The number of hydrogen-bond acceptors (Lipinski definition) is 5. The van der Waals surface area contributed by atoms with Gasteiger partial charge in [-0.15, -0.1) is 12.4 Å². The quantitative estimate of drug-likeness (QED) is 0.622. The van der Waals surface area contributed by atoms with Crippen LogP contribution in [0.4, 0.5) is 5.69 Å². The lowest BCUT2D eigenvalue weighted by Gasteiger charge is -2.12. The molecule has 0 aliphatic carbocycles. The lowest BCUT2D eigenvalue weighted by atomic mass is 10.2. The summed E-state index contributed by atoms with van der Waals surface area (Å²) in [6.45, 7) is 3.15. The Morgan fingerprint density at radius 1 is 1.50 bits per heavy atom. The van der Waals surface area contributed by atoms with Crippen LogP contribution in [-0.4, -0.2) is 25.9 Å². The second kappa shape index (κ2) is 7.19. The van der Waals surface area contributed by atoms with Gasteiger partial charge in [0.2, 0.25) is 10.0 Å². The van der Waals surface area contributed by atoms with Crippen LogP contribution >= 0.6 is 24.0 Å². The zero-order chi connectivity index (χ0) is 14.8. The summed E-state index contributed by atoms with van der Waals surface area (Å²) >= 11 is 5.82. The number of nitro benzene ring substituents is 1. The van der Waals surface area contributed by atoms with Gasteiger partial charge in [0.15, 0.2) is 0 Å². The standard InChI is InChI=1S/C10H14ClN3O4S.ClH/c1-6(5-12)13-19(17,18)8-3-9(11)7(2)10(4-8)14(15)16;/h3-4,6,13H,5,12H2,1-2H3;1H/t6-;/m0./s1. The molecule has 1 aromatic carbocycles. The van der Waals surface area contributed by atoms with Gasteiger partial charge in [0.25, 0.3) is 5.69 Å². The molecule has 3 N–H and O–H groups in total. The summed E-state index contributed by atoms with van der Waals surface area (Å²) in [6.07, 6.45) is 0. The smallest absolute Gasteiger partial charge is 0.275 e. The Kier molecular flexibility index (Phi) is 6.85. The highest BCUT2D eigenvalue weighted by atomic mass is 35.5. The second-order valence-electron chi connectivity index (χ2n) is 4.06. The second-order valence-corrected chi connectivity index (χ2v) is 6.19. The average molecular weight is 344 g/mol. The van der Waals surface area contributed by atoms with E-state index < -0.39 is 21.0 Å². The van der Waals surface area contributed by atoms with Crippen LogP contribution in [0.15, 0.2) is 17.0 Å². The van der Waals surface area contributed by atoms with E-state index in [1.165, 1.54) is 13.0 Å². The Morgan fingerprint density at radius 2 is 2.05 bits per heavy atom. The van der Waals surface area contributed by atoms with Gasteiger partial charge in [-0.05, 0) is 19.9 Å². The Labute approximate surface area is 128 Å². The van der Waals surface area contributed by atoms with Crippen molar-refractivity contribution >= 4 is 39.7 Å². The number of hydrogen-bond donors (Lipinski definition) is 2. The van der Waals surface area contributed by atoms with Crippen LogP contribution in [0, 0.1) is 17.0 Å². The molecule has 0 saturated heterocycles. The van der Waals surface area contributed by atoms with Crippen molar-refractivity contribution in [2.24, 2.45) is 5.73 Å². The highest BCUT2D eigenvalue weighted by Crippen LogP contribution is 2.29. The van der Waals surface area contributed by atoms with Crippen molar-refractivity contribution in [3.8, 4) is 0 Å². The first-order chi connectivity index (χ1) is 8.69. The van der Waals surface area contributed by atoms with Crippen molar-refractivity contribution < 1.29 is 13.3 Å². The van der Waals surface area contributed by atoms with Gasteiger partial charge in [-0.1, -0.05) is 11.6 Å². The molecule has 10 heteroatoms. The Bertz CT molecular complexity index is 607. The zero-order valence-corrected chi connectivity index (χ0v) is 13.2. The maximum atomic E-state index is 12.0. The molecule has 0 bridgehead atoms. The summed E-state index contributed by atoms with van der Waals surface area (Å²) in [7, 11) is -3.89. The maximum absolute atomic E-state index is 12.0. The van der Waals surface area contributed by atoms with E-state index in [0.717, 1.165) is 6.07 Å². The molecule has 1 aromatic rings. The van der Waals surface area contributed by atoms with Crippen molar-refractivity contribution in [1.29, 1.82) is 0 Å². The third kappa shape index (κ3) is 4.29. The maximum Gasteiger partial charge on any atom is 0.275 e. The summed E-state index contributed by atoms with van der Waals surface area (Å²) in [5, 5.41) is 10.9. The average Bonchev–Trinajstić information content (AvgIpc) is 2.31. The Hall–Kier alpha value is -0.930. The predicted molar refractivity (Wildman–Crippen MR) is 78.9 cm³/mol. The minimum atomic E-state index is -3.89. The SMILES string of the molecule is Cc1c(Cl)cc(S(=O)(=O)N[C@@H](C)CN)cc1[N+](=O)[O-].Cl. The monoisotopic (exact) mass is 343 g/mol. The molecule has 0 aliphatic rings. The van der Waals surface area contributed by atoms with Crippen LogP contribution in [0.3, 0.4) is 0 Å².